The van der Waals surface area contributed by atoms with Crippen LogP contribution < -0.4 is 10.6 Å². The molecule has 3 aromatic rings. The van der Waals surface area contributed by atoms with Crippen LogP contribution in [0, 0.1) is 24.6 Å². The predicted octanol–water partition coefficient (Wildman–Crippen LogP) is 3.74. The van der Waals surface area contributed by atoms with E-state index in [1.54, 1.807) is 31.0 Å². The molecule has 0 bridgehead atoms. The van der Waals surface area contributed by atoms with E-state index >= 15 is 0 Å². The minimum Gasteiger partial charge on any atom is -0.383 e. The molecular weight excluding hydrogens is 535 g/mol. The Bertz CT molecular complexity index is 1320. The number of halogens is 1. The number of aromatic nitrogens is 4. The molecule has 2 N–H and O–H groups in total. The molecule has 11 heteroatoms. The summed E-state index contributed by atoms with van der Waals surface area (Å²) in [5.41, 5.74) is 3.76. The molecule has 0 saturated carbocycles. The summed E-state index contributed by atoms with van der Waals surface area (Å²) in [5, 5.41) is 18.1. The quantitative estimate of drug-likeness (QED) is 0.378. The van der Waals surface area contributed by atoms with Crippen LogP contribution in [0.4, 0.5) is 14.9 Å². The van der Waals surface area contributed by atoms with Gasteiger partial charge in [-0.1, -0.05) is 12.1 Å². The number of carbonyl (C=O) groups is 1. The number of nitrogens with one attached hydrogen (secondary N) is 2. The second-order valence-electron chi connectivity index (χ2n) is 11.9. The summed E-state index contributed by atoms with van der Waals surface area (Å²) in [6.45, 7) is 8.44. The number of aryl methyl sites for hydroxylation is 2. The number of likely N-dealkylation sites (tertiary alicyclic amines) is 2. The first-order valence-corrected chi connectivity index (χ1v) is 15.0. The first kappa shape index (κ1) is 30.1. The van der Waals surface area contributed by atoms with Crippen molar-refractivity contribution in [2.24, 2.45) is 18.9 Å². The lowest BCUT2D eigenvalue weighted by atomic mass is 9.88. The monoisotopic (exact) mass is 578 g/mol. The number of amides is 2. The zero-order valence-electron chi connectivity index (χ0n) is 24.9. The second kappa shape index (κ2) is 14.2. The zero-order valence-corrected chi connectivity index (χ0v) is 24.9. The van der Waals surface area contributed by atoms with Crippen molar-refractivity contribution in [3.8, 4) is 11.4 Å². The van der Waals surface area contributed by atoms with Crippen LogP contribution in [0.15, 0.2) is 42.5 Å². The number of tetrazole rings is 1. The molecule has 2 aliphatic heterocycles. The van der Waals surface area contributed by atoms with E-state index in [4.69, 9.17) is 4.74 Å². The Morgan fingerprint density at radius 1 is 1.10 bits per heavy atom. The number of ether oxygens (including phenoxy) is 1. The van der Waals surface area contributed by atoms with Gasteiger partial charge in [-0.15, -0.1) is 5.10 Å². The molecule has 42 heavy (non-hydrogen) atoms. The summed E-state index contributed by atoms with van der Waals surface area (Å²) >= 11 is 0. The first-order valence-electron chi connectivity index (χ1n) is 15.0. The van der Waals surface area contributed by atoms with Gasteiger partial charge in [-0.05, 0) is 97.0 Å². The highest BCUT2D eigenvalue weighted by Crippen LogP contribution is 2.26. The maximum Gasteiger partial charge on any atom is 0.319 e. The van der Waals surface area contributed by atoms with Gasteiger partial charge < -0.3 is 25.2 Å². The fourth-order valence-electron chi connectivity index (χ4n) is 6.47. The van der Waals surface area contributed by atoms with Gasteiger partial charge in [0.05, 0.1) is 6.61 Å². The Balaban J connectivity index is 1.22. The molecule has 1 aromatic heterocycles. The van der Waals surface area contributed by atoms with Gasteiger partial charge in [0.15, 0.2) is 5.82 Å². The molecule has 3 atom stereocenters. The maximum absolute atomic E-state index is 13.4. The number of hydrogen-bond donors (Lipinski definition) is 2. The van der Waals surface area contributed by atoms with E-state index in [9.17, 15) is 9.18 Å². The fourth-order valence-corrected chi connectivity index (χ4v) is 6.47. The molecule has 10 nitrogen and oxygen atoms in total. The Hall–Kier alpha value is -3.41. The van der Waals surface area contributed by atoms with Gasteiger partial charge in [0.2, 0.25) is 0 Å². The number of benzene rings is 2. The average Bonchev–Trinajstić information content (AvgIpc) is 3.40. The van der Waals surface area contributed by atoms with Crippen molar-refractivity contribution in [3.63, 3.8) is 0 Å². The van der Waals surface area contributed by atoms with Gasteiger partial charge in [-0.25, -0.2) is 13.9 Å². The van der Waals surface area contributed by atoms with Gasteiger partial charge in [-0.3, -0.25) is 0 Å². The standard InChI is InChI=1S/C31H43FN8O2/c1-22-15-25(30-35-36-37-38(30)2)18-28(16-22)33-31(41)34-29-10-12-39(13-14-42-3)20-26(29)21-40-11-4-5-24(19-40)17-23-6-8-27(32)9-7-23/h6-9,15-16,18,24,26,29H,4-5,10-14,17,19-21H2,1-3H3,(H2,33,34,41)/t24?,26-,29+/m0/s1. The van der Waals surface area contributed by atoms with Crippen LogP contribution in [0.3, 0.4) is 0 Å². The third-order valence-corrected chi connectivity index (χ3v) is 8.49. The smallest absolute Gasteiger partial charge is 0.319 e. The minimum absolute atomic E-state index is 0.0634. The van der Waals surface area contributed by atoms with E-state index in [1.165, 1.54) is 12.0 Å². The third-order valence-electron chi connectivity index (χ3n) is 8.49. The highest BCUT2D eigenvalue weighted by Gasteiger charge is 2.33. The lowest BCUT2D eigenvalue weighted by Gasteiger charge is -2.42. The highest BCUT2D eigenvalue weighted by atomic mass is 19.1. The van der Waals surface area contributed by atoms with E-state index in [1.807, 2.05) is 37.3 Å². The molecule has 0 aliphatic carbocycles. The molecule has 2 saturated heterocycles. The van der Waals surface area contributed by atoms with Crippen LogP contribution in [0.2, 0.25) is 0 Å². The number of nitrogens with zero attached hydrogens (tertiary/aromatic N) is 6. The van der Waals surface area contributed by atoms with Gasteiger partial charge >= 0.3 is 6.03 Å². The van der Waals surface area contributed by atoms with E-state index in [-0.39, 0.29) is 17.9 Å². The zero-order chi connectivity index (χ0) is 29.5. The molecule has 1 unspecified atom stereocenters. The largest absolute Gasteiger partial charge is 0.383 e. The van der Waals surface area contributed by atoms with Crippen LogP contribution >= 0.6 is 0 Å². The number of methoxy groups -OCH3 is 1. The predicted molar refractivity (Wildman–Crippen MR) is 161 cm³/mol. The van der Waals surface area contributed by atoms with Crippen molar-refractivity contribution in [1.82, 2.24) is 35.3 Å². The van der Waals surface area contributed by atoms with Gasteiger partial charge in [0.25, 0.3) is 0 Å². The Kier molecular flexibility index (Phi) is 10.1. The summed E-state index contributed by atoms with van der Waals surface area (Å²) in [4.78, 5) is 18.3. The van der Waals surface area contributed by atoms with Gasteiger partial charge in [0.1, 0.15) is 5.82 Å². The molecule has 5 rings (SSSR count). The number of hydrogen-bond acceptors (Lipinski definition) is 7. The topological polar surface area (TPSA) is 100 Å². The summed E-state index contributed by atoms with van der Waals surface area (Å²) in [7, 11) is 3.53. The van der Waals surface area contributed by atoms with Crippen LogP contribution in [0.5, 0.6) is 0 Å². The molecular formula is C31H43FN8O2. The van der Waals surface area contributed by atoms with Gasteiger partial charge in [-0.2, -0.15) is 0 Å². The summed E-state index contributed by atoms with van der Waals surface area (Å²) in [6, 6.07) is 12.6. The molecule has 2 amide bonds. The molecule has 3 heterocycles. The Labute approximate surface area is 247 Å². The summed E-state index contributed by atoms with van der Waals surface area (Å²) < 4.78 is 20.4. The first-order chi connectivity index (χ1) is 20.4. The van der Waals surface area contributed by atoms with E-state index in [2.05, 4.69) is 36.0 Å². The van der Waals surface area contributed by atoms with Crippen LogP contribution in [0.1, 0.15) is 30.4 Å². The number of urea groups is 1. The lowest BCUT2D eigenvalue weighted by Crippen LogP contribution is -2.56. The normalized spacial score (nSPS) is 21.8. The van der Waals surface area contributed by atoms with Crippen LogP contribution in [-0.4, -0.2) is 95.1 Å². The summed E-state index contributed by atoms with van der Waals surface area (Å²) in [5.74, 6) is 1.30. The summed E-state index contributed by atoms with van der Waals surface area (Å²) in [6.07, 6.45) is 4.19. The van der Waals surface area contributed by atoms with Crippen LogP contribution in [0.25, 0.3) is 11.4 Å². The molecule has 2 fully saturated rings. The molecule has 2 aromatic carbocycles. The van der Waals surface area contributed by atoms with E-state index < -0.39 is 0 Å². The van der Waals surface area contributed by atoms with Crippen molar-refractivity contribution >= 4 is 11.7 Å². The molecule has 2 aliphatic rings. The molecule has 0 radical (unpaired) electrons. The fraction of sp³-hybridized carbons (Fsp3) is 0.548. The van der Waals surface area contributed by atoms with E-state index in [0.717, 1.165) is 69.7 Å². The van der Waals surface area contributed by atoms with Gasteiger partial charge in [0, 0.05) is 70.1 Å². The number of rotatable bonds is 10. The average molecular weight is 579 g/mol. The third kappa shape index (κ3) is 8.11. The van der Waals surface area contributed by atoms with Crippen LogP contribution in [-0.2, 0) is 18.2 Å². The second-order valence-corrected chi connectivity index (χ2v) is 11.9. The van der Waals surface area contributed by atoms with E-state index in [0.29, 0.717) is 30.0 Å². The van der Waals surface area contributed by atoms with Crippen molar-refractivity contribution in [1.29, 1.82) is 0 Å². The molecule has 226 valence electrons. The van der Waals surface area contributed by atoms with Crippen molar-refractivity contribution in [2.45, 2.75) is 38.6 Å². The Morgan fingerprint density at radius 3 is 2.69 bits per heavy atom. The maximum atomic E-state index is 13.4. The van der Waals surface area contributed by atoms with Crippen molar-refractivity contribution < 1.29 is 13.9 Å². The number of carbonyl (C=O) groups excluding carboxylic acids is 1. The van der Waals surface area contributed by atoms with Crippen molar-refractivity contribution in [3.05, 3.63) is 59.4 Å². The lowest BCUT2D eigenvalue weighted by molar-refractivity contribution is 0.0689. The SMILES string of the molecule is COCCN1CC[C@@H](NC(=O)Nc2cc(C)cc(-c3nnnn3C)c2)[C@H](CN2CCCC(Cc3ccc(F)cc3)C2)C1. The minimum atomic E-state index is -0.198. The molecule has 0 spiro atoms. The number of anilines is 1. The number of piperidine rings is 2. The van der Waals surface area contributed by atoms with Crippen molar-refractivity contribution in [2.75, 3.05) is 58.3 Å². The highest BCUT2D eigenvalue weighted by molar-refractivity contribution is 5.90. The Morgan fingerprint density at radius 2 is 1.93 bits per heavy atom.